The lowest BCUT2D eigenvalue weighted by atomic mass is 10.2. The molecule has 0 aliphatic rings. The molecule has 0 N–H and O–H groups in total. The van der Waals surface area contributed by atoms with E-state index in [-0.39, 0.29) is 0 Å². The highest BCUT2D eigenvalue weighted by molar-refractivity contribution is 9.10. The summed E-state index contributed by atoms with van der Waals surface area (Å²) >= 11 is 3.38. The van der Waals surface area contributed by atoms with Crippen molar-refractivity contribution in [2.75, 3.05) is 6.61 Å². The number of hydrogen-bond acceptors (Lipinski definition) is 2. The van der Waals surface area contributed by atoms with Crippen LogP contribution >= 0.6 is 15.9 Å². The van der Waals surface area contributed by atoms with Gasteiger partial charge in [-0.2, -0.15) is 0 Å². The van der Waals surface area contributed by atoms with E-state index in [0.29, 0.717) is 12.5 Å². The lowest BCUT2D eigenvalue weighted by molar-refractivity contribution is 0.309. The highest BCUT2D eigenvalue weighted by Gasteiger charge is 1.96. The van der Waals surface area contributed by atoms with Crippen molar-refractivity contribution < 1.29 is 4.74 Å². The summed E-state index contributed by atoms with van der Waals surface area (Å²) < 4.78 is 6.53. The van der Waals surface area contributed by atoms with E-state index in [1.807, 2.05) is 30.3 Å². The Morgan fingerprint density at radius 3 is 2.69 bits per heavy atom. The fourth-order valence-corrected chi connectivity index (χ4v) is 1.70. The van der Waals surface area contributed by atoms with E-state index in [9.17, 15) is 0 Å². The quantitative estimate of drug-likeness (QED) is 0.854. The average molecular weight is 278 g/mol. The number of ether oxygens (including phenoxy) is 1. The number of pyridine rings is 1. The van der Waals surface area contributed by atoms with Crippen LogP contribution in [-0.4, -0.2) is 11.6 Å². The molecule has 16 heavy (non-hydrogen) atoms. The molecule has 0 amide bonds. The number of rotatable bonds is 4. The summed E-state index contributed by atoms with van der Waals surface area (Å²) in [6.45, 7) is 0.646. The fraction of sp³-hybridized carbons (Fsp3) is 0.154. The molecule has 1 aromatic heterocycles. The molecular formula is C13H12BrNO. The third-order valence-corrected chi connectivity index (χ3v) is 2.67. The Labute approximate surface area is 103 Å². The average Bonchev–Trinajstić information content (AvgIpc) is 2.30. The molecule has 0 spiro atoms. The maximum absolute atomic E-state index is 5.55. The van der Waals surface area contributed by atoms with Crippen molar-refractivity contribution >= 4 is 15.9 Å². The molecule has 0 aliphatic heterocycles. The van der Waals surface area contributed by atoms with Crippen molar-refractivity contribution in [2.24, 2.45) is 0 Å². The van der Waals surface area contributed by atoms with E-state index in [0.717, 1.165) is 10.9 Å². The molecule has 0 unspecified atom stereocenters. The standard InChI is InChI=1S/C13H12BrNO/c14-12-6-8-15-13(10-12)16-9-7-11-4-2-1-3-5-11/h1-6,8,10H,7,9H2. The topological polar surface area (TPSA) is 22.1 Å². The van der Waals surface area contributed by atoms with Crippen LogP contribution in [0.25, 0.3) is 0 Å². The van der Waals surface area contributed by atoms with Gasteiger partial charge in [0.1, 0.15) is 0 Å². The molecule has 1 heterocycles. The van der Waals surface area contributed by atoms with Gasteiger partial charge in [-0.1, -0.05) is 46.3 Å². The molecule has 0 radical (unpaired) electrons. The van der Waals surface area contributed by atoms with Crippen molar-refractivity contribution in [3.63, 3.8) is 0 Å². The monoisotopic (exact) mass is 277 g/mol. The van der Waals surface area contributed by atoms with Gasteiger partial charge in [0.05, 0.1) is 6.61 Å². The highest BCUT2D eigenvalue weighted by atomic mass is 79.9. The van der Waals surface area contributed by atoms with Crippen molar-refractivity contribution in [1.29, 1.82) is 0 Å². The van der Waals surface area contributed by atoms with Crippen LogP contribution in [0.15, 0.2) is 53.1 Å². The van der Waals surface area contributed by atoms with Crippen LogP contribution in [-0.2, 0) is 6.42 Å². The van der Waals surface area contributed by atoms with Crippen LogP contribution in [0, 0.1) is 0 Å². The van der Waals surface area contributed by atoms with E-state index in [4.69, 9.17) is 4.74 Å². The Hall–Kier alpha value is -1.35. The maximum atomic E-state index is 5.55. The summed E-state index contributed by atoms with van der Waals surface area (Å²) in [7, 11) is 0. The molecule has 3 heteroatoms. The first-order chi connectivity index (χ1) is 7.84. The lowest BCUT2D eigenvalue weighted by Gasteiger charge is -2.05. The van der Waals surface area contributed by atoms with E-state index < -0.39 is 0 Å². The molecule has 2 rings (SSSR count). The third kappa shape index (κ3) is 3.35. The van der Waals surface area contributed by atoms with Gasteiger partial charge in [0.2, 0.25) is 5.88 Å². The summed E-state index contributed by atoms with van der Waals surface area (Å²) in [5.74, 6) is 0.658. The van der Waals surface area contributed by atoms with Gasteiger partial charge in [-0.25, -0.2) is 4.98 Å². The van der Waals surface area contributed by atoms with Gasteiger partial charge in [-0.3, -0.25) is 0 Å². The number of aromatic nitrogens is 1. The Bertz CT molecular complexity index is 445. The molecule has 1 aromatic carbocycles. The minimum absolute atomic E-state index is 0.646. The first-order valence-electron chi connectivity index (χ1n) is 5.13. The van der Waals surface area contributed by atoms with Gasteiger partial charge in [-0.15, -0.1) is 0 Å². The van der Waals surface area contributed by atoms with Crippen LogP contribution < -0.4 is 4.74 Å². The van der Waals surface area contributed by atoms with E-state index in [1.165, 1.54) is 5.56 Å². The molecule has 0 saturated carbocycles. The van der Waals surface area contributed by atoms with Crippen molar-refractivity contribution in [2.45, 2.75) is 6.42 Å². The summed E-state index contributed by atoms with van der Waals surface area (Å²) in [5.41, 5.74) is 1.28. The fourth-order valence-electron chi connectivity index (χ4n) is 1.38. The molecule has 0 fully saturated rings. The second-order valence-corrected chi connectivity index (χ2v) is 4.31. The number of hydrogen-bond donors (Lipinski definition) is 0. The molecule has 2 nitrogen and oxygen atoms in total. The van der Waals surface area contributed by atoms with E-state index in [1.54, 1.807) is 6.20 Å². The van der Waals surface area contributed by atoms with Crippen LogP contribution in [0.4, 0.5) is 0 Å². The number of benzene rings is 1. The SMILES string of the molecule is Brc1ccnc(OCCc2ccccc2)c1. The molecule has 0 atom stereocenters. The van der Waals surface area contributed by atoms with Gasteiger partial charge < -0.3 is 4.74 Å². The highest BCUT2D eigenvalue weighted by Crippen LogP contribution is 2.14. The third-order valence-electron chi connectivity index (χ3n) is 2.18. The molecule has 0 saturated heterocycles. The van der Waals surface area contributed by atoms with Gasteiger partial charge in [0.15, 0.2) is 0 Å². The van der Waals surface area contributed by atoms with Gasteiger partial charge >= 0.3 is 0 Å². The lowest BCUT2D eigenvalue weighted by Crippen LogP contribution is -2.02. The van der Waals surface area contributed by atoms with E-state index >= 15 is 0 Å². The largest absolute Gasteiger partial charge is 0.477 e. The Morgan fingerprint density at radius 1 is 1.12 bits per heavy atom. The minimum atomic E-state index is 0.646. The number of nitrogens with zero attached hydrogens (tertiary/aromatic N) is 1. The molecule has 2 aromatic rings. The normalized spacial score (nSPS) is 10.1. The smallest absolute Gasteiger partial charge is 0.214 e. The van der Waals surface area contributed by atoms with E-state index in [2.05, 4.69) is 33.0 Å². The zero-order valence-corrected chi connectivity index (χ0v) is 10.4. The molecule has 0 aliphatic carbocycles. The second-order valence-electron chi connectivity index (χ2n) is 3.40. The molecule has 0 bridgehead atoms. The van der Waals surface area contributed by atoms with Crippen molar-refractivity contribution in [1.82, 2.24) is 4.98 Å². The maximum Gasteiger partial charge on any atom is 0.214 e. The summed E-state index contributed by atoms with van der Waals surface area (Å²) in [4.78, 5) is 4.12. The Morgan fingerprint density at radius 2 is 1.94 bits per heavy atom. The predicted molar refractivity (Wildman–Crippen MR) is 67.6 cm³/mol. The van der Waals surface area contributed by atoms with Crippen LogP contribution in [0.5, 0.6) is 5.88 Å². The Balaban J connectivity index is 1.85. The Kier molecular flexibility index (Phi) is 3.94. The molecular weight excluding hydrogens is 266 g/mol. The second kappa shape index (κ2) is 5.66. The van der Waals surface area contributed by atoms with Crippen LogP contribution in [0.1, 0.15) is 5.56 Å². The molecule has 82 valence electrons. The summed E-state index contributed by atoms with van der Waals surface area (Å²) in [6.07, 6.45) is 2.62. The van der Waals surface area contributed by atoms with Gasteiger partial charge in [-0.05, 0) is 11.6 Å². The summed E-state index contributed by atoms with van der Waals surface area (Å²) in [5, 5.41) is 0. The zero-order chi connectivity index (χ0) is 11.2. The van der Waals surface area contributed by atoms with Crippen LogP contribution in [0.2, 0.25) is 0 Å². The predicted octanol–water partition coefficient (Wildman–Crippen LogP) is 3.47. The minimum Gasteiger partial charge on any atom is -0.477 e. The van der Waals surface area contributed by atoms with Gasteiger partial charge in [0.25, 0.3) is 0 Å². The number of halogens is 1. The first-order valence-corrected chi connectivity index (χ1v) is 5.92. The van der Waals surface area contributed by atoms with Crippen molar-refractivity contribution in [3.05, 3.63) is 58.7 Å². The zero-order valence-electron chi connectivity index (χ0n) is 8.77. The van der Waals surface area contributed by atoms with Crippen LogP contribution in [0.3, 0.4) is 0 Å². The van der Waals surface area contributed by atoms with Crippen molar-refractivity contribution in [3.8, 4) is 5.88 Å². The summed E-state index contributed by atoms with van der Waals surface area (Å²) in [6, 6.07) is 14.0. The van der Waals surface area contributed by atoms with Gasteiger partial charge in [0, 0.05) is 23.2 Å². The first kappa shape index (κ1) is 11.1.